The maximum absolute atomic E-state index is 10.0. The number of nitrogens with zero attached hydrogens (tertiary/aromatic N) is 5. The first-order valence-corrected chi connectivity index (χ1v) is 12.0. The second kappa shape index (κ2) is 11.1. The van der Waals surface area contributed by atoms with E-state index in [-0.39, 0.29) is 17.7 Å². The van der Waals surface area contributed by atoms with Crippen molar-refractivity contribution in [3.63, 3.8) is 0 Å². The average molecular weight is 506 g/mol. The molecule has 0 unspecified atom stereocenters. The van der Waals surface area contributed by atoms with Crippen molar-refractivity contribution in [2.75, 3.05) is 18.5 Å². The van der Waals surface area contributed by atoms with Crippen LogP contribution in [0.15, 0.2) is 46.0 Å². The van der Waals surface area contributed by atoms with E-state index in [1.807, 2.05) is 19.1 Å². The summed E-state index contributed by atoms with van der Waals surface area (Å²) in [4.78, 5) is 9.11. The topological polar surface area (TPSA) is 147 Å². The van der Waals surface area contributed by atoms with Crippen molar-refractivity contribution in [1.82, 2.24) is 20.2 Å². The molecule has 0 saturated carbocycles. The zero-order valence-corrected chi connectivity index (χ0v) is 20.2. The quantitative estimate of drug-likeness (QED) is 0.213. The van der Waals surface area contributed by atoms with Crippen LogP contribution < -0.4 is 5.32 Å². The Morgan fingerprint density at radius 1 is 1.17 bits per heavy atom. The summed E-state index contributed by atoms with van der Waals surface area (Å²) in [5.41, 5.74) is 3.63. The van der Waals surface area contributed by atoms with Gasteiger partial charge in [0.15, 0.2) is 0 Å². The van der Waals surface area contributed by atoms with E-state index in [1.165, 1.54) is 11.8 Å². The molecule has 3 heterocycles. The summed E-state index contributed by atoms with van der Waals surface area (Å²) in [6.07, 6.45) is 2.04. The average Bonchev–Trinajstić information content (AvgIpc) is 3.52. The number of aromatic amines is 1. The van der Waals surface area contributed by atoms with Crippen LogP contribution >= 0.6 is 23.4 Å². The zero-order chi connectivity index (χ0) is 24.8. The van der Waals surface area contributed by atoms with Gasteiger partial charge >= 0.3 is 0 Å². The van der Waals surface area contributed by atoms with Gasteiger partial charge in [-0.05, 0) is 43.7 Å². The van der Waals surface area contributed by atoms with Gasteiger partial charge < -0.3 is 14.8 Å². The molecule has 35 heavy (non-hydrogen) atoms. The molecule has 0 spiro atoms. The molecule has 4 rings (SSSR count). The summed E-state index contributed by atoms with van der Waals surface area (Å²) in [6, 6.07) is 13.3. The highest BCUT2D eigenvalue weighted by molar-refractivity contribution is 7.98. The standard InChI is InChI=1S/C24H20ClN7O2S/c1-14-9-20(32-31-14)21-18(10-26)22(28-7-2-8-33)30-24(19(21)11-27)35-13-17-12-34-23(29-17)15-3-5-16(25)6-4-15/h3-6,9,12,33H,2,7-8,13H2,1H3,(H,28,30)(H,31,32). The van der Waals surface area contributed by atoms with Gasteiger partial charge in [0.05, 0.1) is 17.0 Å². The Balaban J connectivity index is 1.68. The number of nitrogens with one attached hydrogen (secondary N) is 2. The van der Waals surface area contributed by atoms with E-state index in [2.05, 4.69) is 37.6 Å². The molecule has 0 aliphatic heterocycles. The Morgan fingerprint density at radius 2 is 1.94 bits per heavy atom. The number of pyridine rings is 1. The normalized spacial score (nSPS) is 10.7. The number of thioether (sulfide) groups is 1. The van der Waals surface area contributed by atoms with Gasteiger partial charge in [0, 0.05) is 40.7 Å². The number of anilines is 1. The van der Waals surface area contributed by atoms with Crippen LogP contribution in [0.3, 0.4) is 0 Å². The van der Waals surface area contributed by atoms with Gasteiger partial charge in [-0.1, -0.05) is 23.4 Å². The van der Waals surface area contributed by atoms with Crippen molar-refractivity contribution >= 4 is 29.2 Å². The van der Waals surface area contributed by atoms with Crippen molar-refractivity contribution in [3.05, 3.63) is 64.1 Å². The number of hydrogen-bond acceptors (Lipinski definition) is 9. The van der Waals surface area contributed by atoms with Crippen LogP contribution in [0.4, 0.5) is 5.82 Å². The van der Waals surface area contributed by atoms with E-state index in [0.717, 1.165) is 11.3 Å². The molecule has 0 aliphatic carbocycles. The van der Waals surface area contributed by atoms with Gasteiger partial charge in [0.25, 0.3) is 0 Å². The minimum absolute atomic E-state index is 0.000300. The predicted octanol–water partition coefficient (Wildman–Crippen LogP) is 4.92. The summed E-state index contributed by atoms with van der Waals surface area (Å²) in [7, 11) is 0. The fourth-order valence-corrected chi connectivity index (χ4v) is 4.33. The minimum Gasteiger partial charge on any atom is -0.444 e. The lowest BCUT2D eigenvalue weighted by Crippen LogP contribution is -2.10. The van der Waals surface area contributed by atoms with E-state index >= 15 is 0 Å². The molecule has 0 bridgehead atoms. The first-order chi connectivity index (χ1) is 17.0. The molecule has 3 aromatic heterocycles. The number of aliphatic hydroxyl groups excluding tert-OH is 1. The lowest BCUT2D eigenvalue weighted by molar-refractivity contribution is 0.292. The van der Waals surface area contributed by atoms with Crippen LogP contribution in [0.25, 0.3) is 22.7 Å². The summed E-state index contributed by atoms with van der Waals surface area (Å²) in [5, 5.41) is 40.4. The SMILES string of the molecule is Cc1cc(-c2c(C#N)c(NCCCO)nc(SCc3coc(-c4ccc(Cl)cc4)n3)c2C#N)n[nH]1. The van der Waals surface area contributed by atoms with Crippen LogP contribution in [0, 0.1) is 29.6 Å². The van der Waals surface area contributed by atoms with E-state index in [9.17, 15) is 10.5 Å². The number of H-pyrrole nitrogens is 1. The fraction of sp³-hybridized carbons (Fsp3) is 0.208. The third-order valence-electron chi connectivity index (χ3n) is 4.98. The highest BCUT2D eigenvalue weighted by atomic mass is 35.5. The van der Waals surface area contributed by atoms with Crippen LogP contribution in [-0.4, -0.2) is 38.4 Å². The molecule has 0 aliphatic rings. The van der Waals surface area contributed by atoms with Gasteiger partial charge in [0.1, 0.15) is 34.8 Å². The Labute approximate surface area is 210 Å². The third kappa shape index (κ3) is 5.47. The number of halogens is 1. The number of benzene rings is 1. The Kier molecular flexibility index (Phi) is 7.68. The van der Waals surface area contributed by atoms with Crippen LogP contribution in [0.1, 0.15) is 28.9 Å². The third-order valence-corrected chi connectivity index (χ3v) is 6.24. The van der Waals surface area contributed by atoms with Crippen LogP contribution in [-0.2, 0) is 5.75 Å². The molecular formula is C24H20ClN7O2S. The van der Waals surface area contributed by atoms with Crippen LogP contribution in [0.2, 0.25) is 5.02 Å². The number of aromatic nitrogens is 4. The first kappa shape index (κ1) is 24.3. The van der Waals surface area contributed by atoms with Gasteiger partial charge in [-0.15, -0.1) is 0 Å². The van der Waals surface area contributed by atoms with Crippen molar-refractivity contribution in [2.45, 2.75) is 24.1 Å². The molecule has 9 nitrogen and oxygen atoms in total. The highest BCUT2D eigenvalue weighted by Crippen LogP contribution is 2.37. The maximum atomic E-state index is 10.0. The summed E-state index contributed by atoms with van der Waals surface area (Å²) >= 11 is 7.26. The van der Waals surface area contributed by atoms with Crippen molar-refractivity contribution in [2.24, 2.45) is 0 Å². The van der Waals surface area contributed by atoms with Crippen molar-refractivity contribution < 1.29 is 9.52 Å². The Morgan fingerprint density at radius 3 is 2.60 bits per heavy atom. The van der Waals surface area contributed by atoms with E-state index in [4.69, 9.17) is 21.1 Å². The fourth-order valence-electron chi connectivity index (χ4n) is 3.34. The second-order valence-corrected chi connectivity index (χ2v) is 8.89. The number of aliphatic hydroxyl groups is 1. The molecule has 0 radical (unpaired) electrons. The molecule has 11 heteroatoms. The lowest BCUT2D eigenvalue weighted by atomic mass is 10.0. The summed E-state index contributed by atoms with van der Waals surface area (Å²) < 4.78 is 5.61. The number of rotatable bonds is 9. The molecule has 0 atom stereocenters. The zero-order valence-electron chi connectivity index (χ0n) is 18.7. The molecule has 0 fully saturated rings. The molecule has 0 amide bonds. The van der Waals surface area contributed by atoms with Crippen LogP contribution in [0.5, 0.6) is 0 Å². The molecule has 1 aromatic carbocycles. The lowest BCUT2D eigenvalue weighted by Gasteiger charge is -2.14. The number of aryl methyl sites for hydroxylation is 1. The molecule has 4 aromatic rings. The van der Waals surface area contributed by atoms with Crippen molar-refractivity contribution in [1.29, 1.82) is 10.5 Å². The Bertz CT molecular complexity index is 1420. The largest absolute Gasteiger partial charge is 0.444 e. The smallest absolute Gasteiger partial charge is 0.226 e. The number of hydrogen-bond donors (Lipinski definition) is 3. The number of oxazole rings is 1. The number of nitriles is 2. The monoisotopic (exact) mass is 505 g/mol. The molecular weight excluding hydrogens is 486 g/mol. The highest BCUT2D eigenvalue weighted by Gasteiger charge is 2.23. The van der Waals surface area contributed by atoms with E-state index in [0.29, 0.717) is 57.4 Å². The predicted molar refractivity (Wildman–Crippen MR) is 133 cm³/mol. The van der Waals surface area contributed by atoms with Gasteiger partial charge in [-0.25, -0.2) is 9.97 Å². The summed E-state index contributed by atoms with van der Waals surface area (Å²) in [5.74, 6) is 1.18. The second-order valence-electron chi connectivity index (χ2n) is 7.49. The van der Waals surface area contributed by atoms with E-state index in [1.54, 1.807) is 24.5 Å². The van der Waals surface area contributed by atoms with Gasteiger partial charge in [-0.2, -0.15) is 15.6 Å². The molecule has 3 N–H and O–H groups in total. The van der Waals surface area contributed by atoms with E-state index < -0.39 is 0 Å². The first-order valence-electron chi connectivity index (χ1n) is 10.6. The molecule has 176 valence electrons. The maximum Gasteiger partial charge on any atom is 0.226 e. The Hall–Kier alpha value is -3.83. The summed E-state index contributed by atoms with van der Waals surface area (Å²) in [6.45, 7) is 2.26. The minimum atomic E-state index is 0.000300. The van der Waals surface area contributed by atoms with Gasteiger partial charge in [-0.3, -0.25) is 5.10 Å². The van der Waals surface area contributed by atoms with Crippen molar-refractivity contribution in [3.8, 4) is 34.8 Å². The molecule has 0 saturated heterocycles. The van der Waals surface area contributed by atoms with Gasteiger partial charge in [0.2, 0.25) is 5.89 Å².